The Morgan fingerprint density at radius 1 is 1.15 bits per heavy atom. The van der Waals surface area contributed by atoms with E-state index in [2.05, 4.69) is 12.2 Å². The first-order valence-electron chi connectivity index (χ1n) is 11.6. The van der Waals surface area contributed by atoms with Crippen LogP contribution in [0.15, 0.2) is 48.5 Å². The molecule has 178 valence electrons. The molecule has 2 unspecified atom stereocenters. The van der Waals surface area contributed by atoms with Gasteiger partial charge in [-0.1, -0.05) is 51.5 Å². The number of amides is 2. The molecule has 0 saturated heterocycles. The quantitative estimate of drug-likeness (QED) is 0.586. The number of anilines is 1. The summed E-state index contributed by atoms with van der Waals surface area (Å²) in [6, 6.07) is 15.4. The Bertz CT molecular complexity index is 943. The van der Waals surface area contributed by atoms with Crippen molar-refractivity contribution in [3.05, 3.63) is 59.7 Å². The molecule has 0 spiro atoms. The van der Waals surface area contributed by atoms with Gasteiger partial charge >= 0.3 is 6.09 Å². The van der Waals surface area contributed by atoms with Crippen LogP contribution < -0.4 is 15.0 Å². The zero-order valence-corrected chi connectivity index (χ0v) is 20.2. The van der Waals surface area contributed by atoms with Crippen LogP contribution in [0, 0.1) is 5.92 Å². The maximum Gasteiger partial charge on any atom is 0.409 e. The fourth-order valence-corrected chi connectivity index (χ4v) is 3.74. The fraction of sp³-hybridized carbons (Fsp3) is 0.462. The number of carbonyl (C=O) groups excluding carboxylic acids is 2. The number of hydrogen-bond acceptors (Lipinski definition) is 5. The van der Waals surface area contributed by atoms with Gasteiger partial charge in [0.05, 0.1) is 5.56 Å². The largest absolute Gasteiger partial charge is 0.480 e. The second-order valence-corrected chi connectivity index (χ2v) is 8.89. The smallest absolute Gasteiger partial charge is 0.409 e. The average Bonchev–Trinajstić information content (AvgIpc) is 2.90. The molecule has 7 nitrogen and oxygen atoms in total. The highest BCUT2D eigenvalue weighted by Crippen LogP contribution is 2.37. The number of fused-ring (bicyclic) bond motifs is 1. The van der Waals surface area contributed by atoms with Crippen LogP contribution in [0.25, 0.3) is 0 Å². The molecule has 3 rings (SSSR count). The maximum atomic E-state index is 13.7. The minimum Gasteiger partial charge on any atom is -0.480 e. The number of hydrogen-bond donors (Lipinski definition) is 1. The first kappa shape index (κ1) is 24.4. The molecule has 33 heavy (non-hydrogen) atoms. The highest BCUT2D eigenvalue weighted by Gasteiger charge is 2.40. The molecule has 2 aromatic rings. The van der Waals surface area contributed by atoms with Gasteiger partial charge in [0.2, 0.25) is 6.23 Å². The molecular formula is C26H35N3O4. The summed E-state index contributed by atoms with van der Waals surface area (Å²) >= 11 is 0. The Balaban J connectivity index is 1.97. The molecule has 1 aliphatic heterocycles. The number of ether oxygens (including phenoxy) is 2. The predicted octanol–water partition coefficient (Wildman–Crippen LogP) is 4.72. The molecule has 1 aliphatic rings. The second-order valence-electron chi connectivity index (χ2n) is 8.89. The van der Waals surface area contributed by atoms with Gasteiger partial charge < -0.3 is 19.7 Å². The lowest BCUT2D eigenvalue weighted by Crippen LogP contribution is -2.45. The first-order valence-corrected chi connectivity index (χ1v) is 11.6. The minimum atomic E-state index is -0.896. The summed E-state index contributed by atoms with van der Waals surface area (Å²) in [4.78, 5) is 29.9. The van der Waals surface area contributed by atoms with Gasteiger partial charge in [-0.25, -0.2) is 4.79 Å². The van der Waals surface area contributed by atoms with Crippen molar-refractivity contribution >= 4 is 17.7 Å². The van der Waals surface area contributed by atoms with Crippen molar-refractivity contribution in [2.75, 3.05) is 25.5 Å². The number of carbonyl (C=O) groups is 2. The summed E-state index contributed by atoms with van der Waals surface area (Å²) in [5.74, 6) is 0.298. The molecule has 2 amide bonds. The molecule has 1 N–H and O–H groups in total. The van der Waals surface area contributed by atoms with Gasteiger partial charge in [0.1, 0.15) is 5.75 Å². The SMILES string of the molecule is CCCCNC(=O)OC1c2ccccc2OC(C(C)C)C(=O)N1Cc1ccc(N(C)C)cc1. The standard InChI is InChI=1S/C26H35N3O4/c1-6-7-16-27-26(31)33-25-21-10-8-9-11-22(21)32-23(18(2)3)24(30)29(25)17-19-12-14-20(15-13-19)28(4)5/h8-15,18,23,25H,6-7,16-17H2,1-5H3,(H,27,31). The number of nitrogens with zero attached hydrogens (tertiary/aromatic N) is 2. The van der Waals surface area contributed by atoms with Crippen LogP contribution in [0.3, 0.4) is 0 Å². The highest BCUT2D eigenvalue weighted by atomic mass is 16.6. The van der Waals surface area contributed by atoms with E-state index in [1.807, 2.05) is 81.4 Å². The van der Waals surface area contributed by atoms with E-state index in [0.29, 0.717) is 24.4 Å². The van der Waals surface area contributed by atoms with Gasteiger partial charge in [-0.15, -0.1) is 0 Å². The molecule has 2 atom stereocenters. The van der Waals surface area contributed by atoms with E-state index >= 15 is 0 Å². The molecule has 0 aromatic heterocycles. The Morgan fingerprint density at radius 2 is 1.85 bits per heavy atom. The highest BCUT2D eigenvalue weighted by molar-refractivity contribution is 5.83. The summed E-state index contributed by atoms with van der Waals surface area (Å²) in [5, 5.41) is 2.79. The van der Waals surface area contributed by atoms with E-state index in [1.54, 1.807) is 4.90 Å². The predicted molar refractivity (Wildman–Crippen MR) is 129 cm³/mol. The van der Waals surface area contributed by atoms with Crippen molar-refractivity contribution in [3.63, 3.8) is 0 Å². The number of nitrogens with one attached hydrogen (secondary N) is 1. The van der Waals surface area contributed by atoms with Crippen LogP contribution in [0.2, 0.25) is 0 Å². The van der Waals surface area contributed by atoms with Gasteiger partial charge in [0.25, 0.3) is 5.91 Å². The molecule has 0 radical (unpaired) electrons. The van der Waals surface area contributed by atoms with E-state index in [9.17, 15) is 9.59 Å². The van der Waals surface area contributed by atoms with E-state index < -0.39 is 18.4 Å². The van der Waals surface area contributed by atoms with Gasteiger partial charge in [-0.05, 0) is 42.2 Å². The van der Waals surface area contributed by atoms with E-state index in [1.165, 1.54) is 0 Å². The molecule has 7 heteroatoms. The van der Waals surface area contributed by atoms with Crippen LogP contribution in [0.4, 0.5) is 10.5 Å². The van der Waals surface area contributed by atoms with Gasteiger partial charge in [-0.2, -0.15) is 0 Å². The number of benzene rings is 2. The van der Waals surface area contributed by atoms with Crippen molar-refractivity contribution in [1.29, 1.82) is 0 Å². The molecule has 0 fully saturated rings. The lowest BCUT2D eigenvalue weighted by molar-refractivity contribution is -0.150. The van der Waals surface area contributed by atoms with E-state index in [-0.39, 0.29) is 11.8 Å². The fourth-order valence-electron chi connectivity index (χ4n) is 3.74. The summed E-state index contributed by atoms with van der Waals surface area (Å²) in [6.07, 6.45) is -0.302. The minimum absolute atomic E-state index is 0.0543. The lowest BCUT2D eigenvalue weighted by atomic mass is 10.1. The summed E-state index contributed by atoms with van der Waals surface area (Å²) in [6.45, 7) is 6.77. The third-order valence-electron chi connectivity index (χ3n) is 5.68. The van der Waals surface area contributed by atoms with Gasteiger partial charge in [0, 0.05) is 32.9 Å². The third kappa shape index (κ3) is 5.97. The number of rotatable bonds is 8. The first-order chi connectivity index (χ1) is 15.8. The molecule has 0 bridgehead atoms. The molecule has 0 aliphatic carbocycles. The summed E-state index contributed by atoms with van der Waals surface area (Å²) in [7, 11) is 3.96. The van der Waals surface area contributed by atoms with Crippen molar-refractivity contribution in [1.82, 2.24) is 10.2 Å². The van der Waals surface area contributed by atoms with Gasteiger partial charge in [0.15, 0.2) is 6.10 Å². The van der Waals surface area contributed by atoms with E-state index in [0.717, 1.165) is 24.1 Å². The number of para-hydroxylation sites is 1. The lowest BCUT2D eigenvalue weighted by Gasteiger charge is -2.31. The van der Waals surface area contributed by atoms with E-state index in [4.69, 9.17) is 9.47 Å². The average molecular weight is 454 g/mol. The topological polar surface area (TPSA) is 71.1 Å². The Labute approximate surface area is 196 Å². The Hall–Kier alpha value is -3.22. The normalized spacial score (nSPS) is 17.8. The Morgan fingerprint density at radius 3 is 2.48 bits per heavy atom. The number of alkyl carbamates (subject to hydrolysis) is 1. The Kier molecular flexibility index (Phi) is 8.20. The van der Waals surface area contributed by atoms with Crippen LogP contribution in [-0.4, -0.2) is 43.6 Å². The second kappa shape index (κ2) is 11.1. The summed E-state index contributed by atoms with van der Waals surface area (Å²) < 4.78 is 12.0. The molecule has 1 heterocycles. The van der Waals surface area contributed by atoms with Gasteiger partial charge in [-0.3, -0.25) is 9.69 Å². The van der Waals surface area contributed by atoms with Crippen molar-refractivity contribution in [3.8, 4) is 5.75 Å². The third-order valence-corrected chi connectivity index (χ3v) is 5.68. The van der Waals surface area contributed by atoms with Crippen molar-refractivity contribution in [2.45, 2.75) is 52.5 Å². The monoisotopic (exact) mass is 453 g/mol. The van der Waals surface area contributed by atoms with Crippen LogP contribution in [-0.2, 0) is 16.1 Å². The van der Waals surface area contributed by atoms with Crippen LogP contribution in [0.1, 0.15) is 51.0 Å². The van der Waals surface area contributed by atoms with Crippen molar-refractivity contribution < 1.29 is 19.1 Å². The van der Waals surface area contributed by atoms with Crippen LogP contribution >= 0.6 is 0 Å². The molecule has 0 saturated carbocycles. The molecule has 2 aromatic carbocycles. The zero-order valence-electron chi connectivity index (χ0n) is 20.2. The summed E-state index contributed by atoms with van der Waals surface area (Å²) in [5.41, 5.74) is 2.66. The maximum absolute atomic E-state index is 13.7. The molecular weight excluding hydrogens is 418 g/mol. The zero-order chi connectivity index (χ0) is 24.0. The van der Waals surface area contributed by atoms with Crippen LogP contribution in [0.5, 0.6) is 5.75 Å². The number of unbranched alkanes of at least 4 members (excludes halogenated alkanes) is 1. The van der Waals surface area contributed by atoms with Crippen molar-refractivity contribution in [2.24, 2.45) is 5.92 Å².